The molecule has 7 heteroatoms. The Labute approximate surface area is 156 Å². The molecule has 5 nitrogen and oxygen atoms in total. The molecule has 0 aliphatic carbocycles. The van der Waals surface area contributed by atoms with E-state index in [2.05, 4.69) is 5.32 Å². The minimum atomic E-state index is -2.29. The molecule has 4 N–H and O–H groups in total. The topological polar surface area (TPSA) is 92.4 Å². The Hall–Kier alpha value is -2.53. The fraction of sp³-hybridized carbons (Fsp3) is 0.105. The first-order chi connectivity index (χ1) is 12.5. The smallest absolute Gasteiger partial charge is 0.397 e. The number of carbonyl (C=O) groups excluding carboxylic acids is 1. The Morgan fingerprint density at radius 3 is 2.54 bits per heavy atom. The molecular formula is C19H18N2O3PS+. The van der Waals surface area contributed by atoms with E-state index in [9.17, 15) is 14.3 Å². The summed E-state index contributed by atoms with van der Waals surface area (Å²) >= 11 is 1.61. The Morgan fingerprint density at radius 2 is 1.92 bits per heavy atom. The first-order valence-electron chi connectivity index (χ1n) is 7.95. The van der Waals surface area contributed by atoms with E-state index >= 15 is 0 Å². The van der Waals surface area contributed by atoms with Gasteiger partial charge in [0.25, 0.3) is 5.91 Å². The number of hydrogen-bond acceptors (Lipinski definition) is 4. The van der Waals surface area contributed by atoms with E-state index in [4.69, 9.17) is 5.73 Å². The summed E-state index contributed by atoms with van der Waals surface area (Å²) in [7, 11) is -2.29. The van der Waals surface area contributed by atoms with Crippen molar-refractivity contribution in [2.75, 3.05) is 11.1 Å². The Morgan fingerprint density at radius 1 is 1.19 bits per heavy atom. The number of amides is 1. The molecule has 0 saturated carbocycles. The third-order valence-electron chi connectivity index (χ3n) is 4.09. The minimum absolute atomic E-state index is 0.285. The molecule has 26 heavy (non-hydrogen) atoms. The van der Waals surface area contributed by atoms with Crippen LogP contribution in [0.4, 0.5) is 11.4 Å². The highest BCUT2D eigenvalue weighted by Gasteiger charge is 2.25. The van der Waals surface area contributed by atoms with Crippen LogP contribution in [0.5, 0.6) is 0 Å². The second-order valence-corrected chi connectivity index (χ2v) is 8.16. The van der Waals surface area contributed by atoms with Crippen LogP contribution in [0.3, 0.4) is 0 Å². The molecule has 2 aromatic carbocycles. The summed E-state index contributed by atoms with van der Waals surface area (Å²) in [4.78, 5) is 22.8. The zero-order valence-electron chi connectivity index (χ0n) is 14.0. The lowest BCUT2D eigenvalue weighted by molar-refractivity contribution is 0.102. The van der Waals surface area contributed by atoms with Crippen LogP contribution in [0.1, 0.15) is 28.5 Å². The highest BCUT2D eigenvalue weighted by Crippen LogP contribution is 2.36. The summed E-state index contributed by atoms with van der Waals surface area (Å²) in [6, 6.07) is 16.2. The maximum Gasteiger partial charge on any atom is 0.513 e. The van der Waals surface area contributed by atoms with Gasteiger partial charge in [-0.05, 0) is 52.8 Å². The van der Waals surface area contributed by atoms with Crippen molar-refractivity contribution in [3.8, 4) is 10.4 Å². The molecule has 132 valence electrons. The molecule has 3 aromatic rings. The van der Waals surface area contributed by atoms with E-state index in [1.807, 2.05) is 29.6 Å². The normalized spacial score (nSPS) is 12.5. The average Bonchev–Trinajstić information content (AvgIpc) is 3.17. The van der Waals surface area contributed by atoms with E-state index < -0.39 is 13.7 Å². The Balaban J connectivity index is 1.79. The number of hydrogen-bond donors (Lipinski definition) is 3. The van der Waals surface area contributed by atoms with E-state index in [1.165, 1.54) is 0 Å². The maximum absolute atomic E-state index is 12.5. The highest BCUT2D eigenvalue weighted by molar-refractivity contribution is 7.38. The molecule has 2 unspecified atom stereocenters. The van der Waals surface area contributed by atoms with Crippen LogP contribution in [0.15, 0.2) is 60.0 Å². The van der Waals surface area contributed by atoms with Crippen LogP contribution in [0, 0.1) is 0 Å². The number of anilines is 2. The van der Waals surface area contributed by atoms with Crippen LogP contribution >= 0.6 is 19.4 Å². The molecule has 0 fully saturated rings. The number of benzene rings is 2. The third kappa shape index (κ3) is 3.99. The van der Waals surface area contributed by atoms with Crippen LogP contribution in [0.25, 0.3) is 10.4 Å². The SMILES string of the molecule is CC(c1ccc(C(=O)Nc2cc(-c3cccs3)ccc2N)cc1)[P+](=O)O. The second kappa shape index (κ2) is 7.79. The molecule has 0 aliphatic rings. The molecule has 0 saturated heterocycles. The molecule has 0 spiro atoms. The zero-order valence-corrected chi connectivity index (χ0v) is 15.8. The lowest BCUT2D eigenvalue weighted by Crippen LogP contribution is -2.13. The van der Waals surface area contributed by atoms with E-state index in [1.54, 1.807) is 48.6 Å². The number of carbonyl (C=O) groups is 1. The molecule has 0 aliphatic heterocycles. The largest absolute Gasteiger partial charge is 0.513 e. The zero-order chi connectivity index (χ0) is 18.7. The fourth-order valence-corrected chi connectivity index (χ4v) is 3.65. The van der Waals surface area contributed by atoms with E-state index in [0.717, 1.165) is 10.4 Å². The van der Waals surface area contributed by atoms with Crippen molar-refractivity contribution < 1.29 is 14.3 Å². The van der Waals surface area contributed by atoms with Gasteiger partial charge in [0.05, 0.1) is 11.4 Å². The summed E-state index contributed by atoms with van der Waals surface area (Å²) in [5.41, 5.74) is 8.72. The first-order valence-corrected chi connectivity index (χ1v) is 10.1. The second-order valence-electron chi connectivity index (χ2n) is 5.83. The van der Waals surface area contributed by atoms with Crippen molar-refractivity contribution >= 4 is 36.6 Å². The fourth-order valence-electron chi connectivity index (χ4n) is 2.50. The molecule has 3 rings (SSSR count). The van der Waals surface area contributed by atoms with Gasteiger partial charge in [0.2, 0.25) is 5.66 Å². The summed E-state index contributed by atoms with van der Waals surface area (Å²) in [6.45, 7) is 1.67. The van der Waals surface area contributed by atoms with E-state index in [0.29, 0.717) is 22.5 Å². The number of nitrogen functional groups attached to an aromatic ring is 1. The standard InChI is InChI=1S/C19H17N2O3PS/c1-12(25(23)24)13-4-6-14(7-5-13)19(22)21-17-11-15(8-9-16(17)20)18-3-2-10-26-18/h2-12H,20H2,1H3,(H-,21,22,23,24)/p+1. The van der Waals surface area contributed by atoms with Gasteiger partial charge < -0.3 is 11.1 Å². The summed E-state index contributed by atoms with van der Waals surface area (Å²) in [5.74, 6) is -0.285. The molecule has 1 heterocycles. The van der Waals surface area contributed by atoms with Crippen LogP contribution in [0.2, 0.25) is 0 Å². The Bertz CT molecular complexity index is 940. The molecule has 1 aromatic heterocycles. The molecular weight excluding hydrogens is 367 g/mol. The molecule has 2 atom stereocenters. The van der Waals surface area contributed by atoms with Crippen molar-refractivity contribution in [1.29, 1.82) is 0 Å². The van der Waals surface area contributed by atoms with Crippen molar-refractivity contribution in [2.24, 2.45) is 0 Å². The van der Waals surface area contributed by atoms with Crippen molar-refractivity contribution in [1.82, 2.24) is 0 Å². The predicted octanol–water partition coefficient (Wildman–Crippen LogP) is 5.05. The number of rotatable bonds is 5. The van der Waals surface area contributed by atoms with Gasteiger partial charge in [0.1, 0.15) is 0 Å². The molecule has 0 bridgehead atoms. The van der Waals surface area contributed by atoms with Gasteiger partial charge in [-0.3, -0.25) is 4.79 Å². The van der Waals surface area contributed by atoms with Gasteiger partial charge in [0.15, 0.2) is 0 Å². The predicted molar refractivity (Wildman–Crippen MR) is 107 cm³/mol. The third-order valence-corrected chi connectivity index (χ3v) is 5.97. The van der Waals surface area contributed by atoms with Crippen molar-refractivity contribution in [2.45, 2.75) is 12.6 Å². The van der Waals surface area contributed by atoms with Crippen molar-refractivity contribution in [3.63, 3.8) is 0 Å². The van der Waals surface area contributed by atoms with Gasteiger partial charge >= 0.3 is 8.03 Å². The lowest BCUT2D eigenvalue weighted by atomic mass is 10.1. The first kappa shape index (κ1) is 18.3. The monoisotopic (exact) mass is 385 g/mol. The number of thiophene rings is 1. The van der Waals surface area contributed by atoms with Crippen LogP contribution in [-0.2, 0) is 4.57 Å². The van der Waals surface area contributed by atoms with Gasteiger partial charge in [-0.2, -0.15) is 4.89 Å². The number of nitrogens with one attached hydrogen (secondary N) is 1. The van der Waals surface area contributed by atoms with Gasteiger partial charge in [0, 0.05) is 16.0 Å². The van der Waals surface area contributed by atoms with Crippen molar-refractivity contribution in [3.05, 3.63) is 71.1 Å². The van der Waals surface area contributed by atoms with Gasteiger partial charge in [-0.15, -0.1) is 11.3 Å². The Kier molecular flexibility index (Phi) is 5.47. The minimum Gasteiger partial charge on any atom is -0.397 e. The van der Waals surface area contributed by atoms with Crippen LogP contribution in [-0.4, -0.2) is 10.8 Å². The molecule has 1 amide bonds. The van der Waals surface area contributed by atoms with E-state index in [-0.39, 0.29) is 5.91 Å². The molecule has 0 radical (unpaired) electrons. The number of nitrogens with two attached hydrogens (primary N) is 1. The summed E-state index contributed by atoms with van der Waals surface area (Å²) in [6.07, 6.45) is 0. The quantitative estimate of drug-likeness (QED) is 0.423. The highest BCUT2D eigenvalue weighted by atomic mass is 32.1. The summed E-state index contributed by atoms with van der Waals surface area (Å²) < 4.78 is 11.2. The summed E-state index contributed by atoms with van der Waals surface area (Å²) in [5, 5.41) is 4.83. The average molecular weight is 385 g/mol. The maximum atomic E-state index is 12.5. The van der Waals surface area contributed by atoms with Crippen LogP contribution < -0.4 is 11.1 Å². The lowest BCUT2D eigenvalue weighted by Gasteiger charge is -2.10. The van der Waals surface area contributed by atoms with Gasteiger partial charge in [-0.1, -0.05) is 24.3 Å². The van der Waals surface area contributed by atoms with Gasteiger partial charge in [-0.25, -0.2) is 0 Å².